The SMILES string of the molecule is CC(=O)OC(O)(CC(=O)O)C(O)(O)[N+]1(C(O)(O)O)C(O)(O)CC1(O)O. The molecule has 1 fully saturated rings. The van der Waals surface area contributed by atoms with Crippen LogP contribution in [-0.2, 0) is 14.3 Å². The summed E-state index contributed by atoms with van der Waals surface area (Å²) in [7, 11) is 0. The van der Waals surface area contributed by atoms with E-state index in [2.05, 4.69) is 4.74 Å². The number of hydrogen-bond acceptors (Lipinski definition) is 13. The molecule has 25 heavy (non-hydrogen) atoms. The van der Waals surface area contributed by atoms with Gasteiger partial charge in [-0.3, -0.25) is 24.9 Å². The van der Waals surface area contributed by atoms with Crippen LogP contribution >= 0.6 is 0 Å². The van der Waals surface area contributed by atoms with E-state index in [0.29, 0.717) is 6.92 Å². The minimum absolute atomic E-state index is 0.531. The number of carbonyl (C=O) groups excluding carboxylic acids is 1. The van der Waals surface area contributed by atoms with Crippen LogP contribution in [0.2, 0.25) is 0 Å². The molecule has 1 heterocycles. The number of carbonyl (C=O) groups is 2. The number of nitrogens with zero attached hydrogens (tertiary/aromatic N) is 1. The molecule has 0 aromatic heterocycles. The van der Waals surface area contributed by atoms with Crippen molar-refractivity contribution < 1.29 is 75.0 Å². The van der Waals surface area contributed by atoms with Crippen molar-refractivity contribution in [3.8, 4) is 0 Å². The fraction of sp³-hybridized carbons (Fsp3) is 0.800. The molecule has 11 N–H and O–H groups in total. The number of esters is 1. The van der Waals surface area contributed by atoms with E-state index in [1.807, 2.05) is 0 Å². The molecule has 0 aromatic carbocycles. The minimum atomic E-state index is -4.83. The Balaban J connectivity index is 3.77. The molecule has 0 saturated carbocycles. The topological polar surface area (TPSA) is 266 Å². The highest BCUT2D eigenvalue weighted by Gasteiger charge is 2.95. The second-order valence-corrected chi connectivity index (χ2v) is 5.58. The summed E-state index contributed by atoms with van der Waals surface area (Å²) in [5.41, 5.74) is 0. The van der Waals surface area contributed by atoms with Gasteiger partial charge in [0, 0.05) is 6.92 Å². The van der Waals surface area contributed by atoms with E-state index in [-0.39, 0.29) is 0 Å². The monoisotopic (exact) mass is 376 g/mol. The molecule has 1 aliphatic heterocycles. The van der Waals surface area contributed by atoms with Crippen molar-refractivity contribution in [3.05, 3.63) is 0 Å². The molecular formula is C10H18NO14+. The molecule has 0 spiro atoms. The molecule has 1 saturated heterocycles. The van der Waals surface area contributed by atoms with Gasteiger partial charge in [0.25, 0.3) is 0 Å². The summed E-state index contributed by atoms with van der Waals surface area (Å²) in [5, 5.41) is 106. The van der Waals surface area contributed by atoms with Gasteiger partial charge in [-0.05, 0) is 0 Å². The number of hydrogen-bond donors (Lipinski definition) is 11. The van der Waals surface area contributed by atoms with Crippen molar-refractivity contribution in [2.75, 3.05) is 0 Å². The Kier molecular flexibility index (Phi) is 4.74. The van der Waals surface area contributed by atoms with Gasteiger partial charge in [-0.2, -0.15) is 0 Å². The normalized spacial score (nSPS) is 24.0. The van der Waals surface area contributed by atoms with Crippen LogP contribution in [0.3, 0.4) is 0 Å². The van der Waals surface area contributed by atoms with Gasteiger partial charge >= 0.3 is 41.6 Å². The van der Waals surface area contributed by atoms with E-state index in [9.17, 15) is 60.7 Å². The molecule has 0 bridgehead atoms. The first-order valence-electron chi connectivity index (χ1n) is 6.33. The Labute approximate surface area is 137 Å². The number of rotatable bonds is 6. The average Bonchev–Trinajstić information content (AvgIpc) is 2.19. The van der Waals surface area contributed by atoms with Crippen LogP contribution in [0.5, 0.6) is 0 Å². The van der Waals surface area contributed by atoms with Gasteiger partial charge in [-0.25, -0.2) is 0 Å². The average molecular weight is 376 g/mol. The molecule has 0 aliphatic carbocycles. The maximum Gasteiger partial charge on any atom is 0.455 e. The van der Waals surface area contributed by atoms with E-state index >= 15 is 0 Å². The van der Waals surface area contributed by atoms with Crippen molar-refractivity contribution in [1.82, 2.24) is 0 Å². The van der Waals surface area contributed by atoms with Gasteiger partial charge in [-0.15, -0.1) is 0 Å². The Bertz CT molecular complexity index is 527. The van der Waals surface area contributed by atoms with Crippen LogP contribution < -0.4 is 0 Å². The molecule has 15 heteroatoms. The van der Waals surface area contributed by atoms with Crippen molar-refractivity contribution in [2.24, 2.45) is 0 Å². The van der Waals surface area contributed by atoms with Gasteiger partial charge in [-0.1, -0.05) is 4.48 Å². The van der Waals surface area contributed by atoms with Crippen LogP contribution in [0.25, 0.3) is 0 Å². The van der Waals surface area contributed by atoms with Crippen molar-refractivity contribution >= 4 is 11.9 Å². The summed E-state index contributed by atoms with van der Waals surface area (Å²) < 4.78 is 0.433. The van der Waals surface area contributed by atoms with Crippen molar-refractivity contribution in [1.29, 1.82) is 0 Å². The molecule has 0 radical (unpaired) electrons. The summed E-state index contributed by atoms with van der Waals surface area (Å²) in [6.07, 6.45) is -8.45. The first kappa shape index (κ1) is 21.5. The van der Waals surface area contributed by atoms with Gasteiger partial charge in [0.15, 0.2) is 6.42 Å². The largest absolute Gasteiger partial charge is 0.481 e. The summed E-state index contributed by atoms with van der Waals surface area (Å²) in [4.78, 5) is 21.9. The lowest BCUT2D eigenvalue weighted by molar-refractivity contribution is -1.28. The fourth-order valence-electron chi connectivity index (χ4n) is 2.87. The van der Waals surface area contributed by atoms with Crippen molar-refractivity contribution in [2.45, 2.75) is 49.4 Å². The number of likely N-dealkylation sites (tertiary alicyclic amines) is 1. The van der Waals surface area contributed by atoms with E-state index in [1.165, 1.54) is 0 Å². The van der Waals surface area contributed by atoms with E-state index < -0.39 is 58.9 Å². The molecule has 0 aromatic rings. The maximum atomic E-state index is 11.1. The lowest BCUT2D eigenvalue weighted by atomic mass is 9.90. The van der Waals surface area contributed by atoms with Crippen LogP contribution in [0.1, 0.15) is 19.8 Å². The number of carboxylic acids is 1. The molecule has 15 nitrogen and oxygen atoms in total. The maximum absolute atomic E-state index is 11.1. The zero-order valence-corrected chi connectivity index (χ0v) is 12.5. The van der Waals surface area contributed by atoms with E-state index in [1.54, 1.807) is 0 Å². The van der Waals surface area contributed by atoms with Crippen LogP contribution in [-0.4, -0.2) is 102 Å². The van der Waals surface area contributed by atoms with Gasteiger partial charge in [0.1, 0.15) is 6.42 Å². The number of ether oxygens (including phenoxy) is 1. The lowest BCUT2D eigenvalue weighted by Gasteiger charge is -2.65. The lowest BCUT2D eigenvalue weighted by Crippen LogP contribution is -3.01. The number of aliphatic hydroxyl groups is 10. The Morgan fingerprint density at radius 1 is 1.00 bits per heavy atom. The predicted molar refractivity (Wildman–Crippen MR) is 64.7 cm³/mol. The quantitative estimate of drug-likeness (QED) is 0.117. The number of carboxylic acid groups (broad SMARTS) is 1. The Morgan fingerprint density at radius 3 is 1.64 bits per heavy atom. The Morgan fingerprint density at radius 2 is 1.40 bits per heavy atom. The minimum Gasteiger partial charge on any atom is -0.481 e. The highest BCUT2D eigenvalue weighted by molar-refractivity contribution is 5.70. The number of quaternary nitrogens is 1. The first-order chi connectivity index (χ1) is 10.8. The summed E-state index contributed by atoms with van der Waals surface area (Å²) in [6.45, 7) is 0.531. The molecule has 1 atom stereocenters. The molecule has 1 unspecified atom stereocenters. The number of aliphatic carboxylic acids is 1. The molecule has 146 valence electrons. The summed E-state index contributed by atoms with van der Waals surface area (Å²) in [6, 6.07) is 0. The third kappa shape index (κ3) is 2.67. The zero-order valence-electron chi connectivity index (χ0n) is 12.5. The highest BCUT2D eigenvalue weighted by atomic mass is 16.8. The van der Waals surface area contributed by atoms with Crippen molar-refractivity contribution in [3.63, 3.8) is 0 Å². The Hall–Kier alpha value is -1.50. The summed E-state index contributed by atoms with van der Waals surface area (Å²) in [5.74, 6) is -20.6. The third-order valence-electron chi connectivity index (χ3n) is 3.69. The van der Waals surface area contributed by atoms with Crippen LogP contribution in [0.4, 0.5) is 0 Å². The fourth-order valence-corrected chi connectivity index (χ4v) is 2.87. The molecular weight excluding hydrogens is 358 g/mol. The molecule has 1 aliphatic rings. The second-order valence-electron chi connectivity index (χ2n) is 5.58. The predicted octanol–water partition coefficient (Wildman–Crippen LogP) is -6.56. The van der Waals surface area contributed by atoms with Crippen LogP contribution in [0, 0.1) is 0 Å². The van der Waals surface area contributed by atoms with Gasteiger partial charge in [0.2, 0.25) is 0 Å². The smallest absolute Gasteiger partial charge is 0.455 e. The third-order valence-corrected chi connectivity index (χ3v) is 3.69. The standard InChI is InChI=1S/C10H17NO14/c1-4(12)25-6(15,2-5(13)14)9(20,21)11(10(22,23)24)7(16,17)3-8(11,18)19/h15-24H,2-3H2,1H3/p+1. The van der Waals surface area contributed by atoms with Crippen LogP contribution in [0.15, 0.2) is 0 Å². The van der Waals surface area contributed by atoms with Gasteiger partial charge < -0.3 is 45.6 Å². The highest BCUT2D eigenvalue weighted by Crippen LogP contribution is 2.58. The first-order valence-corrected chi connectivity index (χ1v) is 6.33. The second kappa shape index (κ2) is 5.50. The van der Waals surface area contributed by atoms with Gasteiger partial charge in [0.05, 0.1) is 0 Å². The van der Waals surface area contributed by atoms with E-state index in [4.69, 9.17) is 5.11 Å². The molecule has 0 amide bonds. The van der Waals surface area contributed by atoms with E-state index in [0.717, 1.165) is 0 Å². The molecule has 1 rings (SSSR count). The zero-order chi connectivity index (χ0) is 20.3. The summed E-state index contributed by atoms with van der Waals surface area (Å²) >= 11 is 0.